The van der Waals surface area contributed by atoms with Crippen LogP contribution in [0, 0.1) is 0 Å². The lowest BCUT2D eigenvalue weighted by Crippen LogP contribution is -2.47. The standard InChI is InChI=1S/C12H27NO/c1-6-8-9-10-11(13-5)12(3,4)14-7-2/h11,13H,6-10H2,1-5H3. The Bertz CT molecular complexity index is 134. The zero-order valence-corrected chi connectivity index (χ0v) is 10.5. The normalized spacial score (nSPS) is 14.4. The maximum absolute atomic E-state index is 5.75. The Balaban J connectivity index is 3.96. The third-order valence-electron chi connectivity index (χ3n) is 2.80. The molecule has 1 N–H and O–H groups in total. The number of ether oxygens (including phenoxy) is 1. The summed E-state index contributed by atoms with van der Waals surface area (Å²) in [6.45, 7) is 9.43. The summed E-state index contributed by atoms with van der Waals surface area (Å²) in [4.78, 5) is 0. The molecule has 0 aromatic heterocycles. The van der Waals surface area contributed by atoms with Gasteiger partial charge in [0.25, 0.3) is 0 Å². The minimum Gasteiger partial charge on any atom is -0.374 e. The highest BCUT2D eigenvalue weighted by Gasteiger charge is 2.27. The number of nitrogens with one attached hydrogen (secondary N) is 1. The van der Waals surface area contributed by atoms with E-state index in [0.29, 0.717) is 6.04 Å². The second-order valence-electron chi connectivity index (χ2n) is 4.37. The Morgan fingerprint density at radius 2 is 1.86 bits per heavy atom. The summed E-state index contributed by atoms with van der Waals surface area (Å²) < 4.78 is 5.75. The van der Waals surface area contributed by atoms with Gasteiger partial charge in [0.1, 0.15) is 0 Å². The van der Waals surface area contributed by atoms with Gasteiger partial charge < -0.3 is 10.1 Å². The largest absolute Gasteiger partial charge is 0.374 e. The molecule has 0 aliphatic rings. The van der Waals surface area contributed by atoms with Crippen molar-refractivity contribution in [3.05, 3.63) is 0 Å². The fourth-order valence-corrected chi connectivity index (χ4v) is 1.91. The fourth-order valence-electron chi connectivity index (χ4n) is 1.91. The third kappa shape index (κ3) is 4.97. The van der Waals surface area contributed by atoms with Gasteiger partial charge in [0.05, 0.1) is 5.60 Å². The van der Waals surface area contributed by atoms with Crippen LogP contribution in [0.5, 0.6) is 0 Å². The highest BCUT2D eigenvalue weighted by molar-refractivity contribution is 4.84. The second kappa shape index (κ2) is 7.24. The van der Waals surface area contributed by atoms with Gasteiger partial charge >= 0.3 is 0 Å². The fraction of sp³-hybridized carbons (Fsp3) is 1.00. The Morgan fingerprint density at radius 1 is 1.21 bits per heavy atom. The summed E-state index contributed by atoms with van der Waals surface area (Å²) >= 11 is 0. The molecule has 2 nitrogen and oxygen atoms in total. The molecule has 14 heavy (non-hydrogen) atoms. The molecule has 0 saturated heterocycles. The van der Waals surface area contributed by atoms with Crippen molar-refractivity contribution in [3.8, 4) is 0 Å². The monoisotopic (exact) mass is 201 g/mol. The van der Waals surface area contributed by atoms with E-state index in [0.717, 1.165) is 6.61 Å². The van der Waals surface area contributed by atoms with Gasteiger partial charge in [-0.1, -0.05) is 26.2 Å². The minimum absolute atomic E-state index is 0.0444. The predicted molar refractivity (Wildman–Crippen MR) is 62.7 cm³/mol. The zero-order valence-electron chi connectivity index (χ0n) is 10.5. The van der Waals surface area contributed by atoms with Crippen LogP contribution in [-0.2, 0) is 4.74 Å². The molecule has 1 atom stereocenters. The number of likely N-dealkylation sites (N-methyl/N-ethyl adjacent to an activating group) is 1. The van der Waals surface area contributed by atoms with Gasteiger partial charge in [-0.15, -0.1) is 0 Å². The molecule has 0 aliphatic carbocycles. The molecular formula is C12H27NO. The van der Waals surface area contributed by atoms with Gasteiger partial charge in [0.15, 0.2) is 0 Å². The van der Waals surface area contributed by atoms with Crippen LogP contribution in [-0.4, -0.2) is 25.3 Å². The van der Waals surface area contributed by atoms with Crippen molar-refractivity contribution in [1.82, 2.24) is 5.32 Å². The topological polar surface area (TPSA) is 21.3 Å². The summed E-state index contributed by atoms with van der Waals surface area (Å²) in [6.07, 6.45) is 5.10. The maximum Gasteiger partial charge on any atom is 0.0778 e. The van der Waals surface area contributed by atoms with Gasteiger partial charge in [-0.25, -0.2) is 0 Å². The SMILES string of the molecule is CCCCCC(NC)C(C)(C)OCC. The van der Waals surface area contributed by atoms with E-state index in [1.807, 2.05) is 7.05 Å². The molecule has 1 unspecified atom stereocenters. The van der Waals surface area contributed by atoms with E-state index in [4.69, 9.17) is 4.74 Å². The van der Waals surface area contributed by atoms with Crippen LogP contribution in [0.2, 0.25) is 0 Å². The smallest absolute Gasteiger partial charge is 0.0778 e. The van der Waals surface area contributed by atoms with E-state index >= 15 is 0 Å². The summed E-state index contributed by atoms with van der Waals surface area (Å²) in [7, 11) is 2.03. The molecule has 0 radical (unpaired) electrons. The first-order valence-electron chi connectivity index (χ1n) is 5.89. The molecule has 0 aliphatic heterocycles. The van der Waals surface area contributed by atoms with E-state index < -0.39 is 0 Å². The first-order valence-corrected chi connectivity index (χ1v) is 5.89. The Morgan fingerprint density at radius 3 is 2.29 bits per heavy atom. The zero-order chi connectivity index (χ0) is 11.0. The Labute approximate surface area is 89.4 Å². The molecule has 0 aromatic carbocycles. The molecule has 0 heterocycles. The second-order valence-corrected chi connectivity index (χ2v) is 4.37. The molecular weight excluding hydrogens is 174 g/mol. The number of hydrogen-bond acceptors (Lipinski definition) is 2. The summed E-state index contributed by atoms with van der Waals surface area (Å²) in [5.41, 5.74) is -0.0444. The van der Waals surface area contributed by atoms with Gasteiger partial charge in [0.2, 0.25) is 0 Å². The molecule has 0 amide bonds. The molecule has 0 aromatic rings. The first kappa shape index (κ1) is 13.9. The number of hydrogen-bond donors (Lipinski definition) is 1. The van der Waals surface area contributed by atoms with Gasteiger partial charge in [0, 0.05) is 12.6 Å². The molecule has 2 heteroatoms. The minimum atomic E-state index is -0.0444. The van der Waals surface area contributed by atoms with Crippen LogP contribution in [0.3, 0.4) is 0 Å². The van der Waals surface area contributed by atoms with Crippen molar-refractivity contribution in [2.45, 2.75) is 65.0 Å². The van der Waals surface area contributed by atoms with Crippen LogP contribution >= 0.6 is 0 Å². The Kier molecular flexibility index (Phi) is 7.20. The first-order chi connectivity index (χ1) is 6.58. The van der Waals surface area contributed by atoms with Gasteiger partial charge in [-0.3, -0.25) is 0 Å². The molecule has 0 bridgehead atoms. The highest BCUT2D eigenvalue weighted by Crippen LogP contribution is 2.19. The van der Waals surface area contributed by atoms with Crippen molar-refractivity contribution < 1.29 is 4.74 Å². The lowest BCUT2D eigenvalue weighted by molar-refractivity contribution is -0.0388. The van der Waals surface area contributed by atoms with Crippen LogP contribution in [0.25, 0.3) is 0 Å². The van der Waals surface area contributed by atoms with E-state index in [1.165, 1.54) is 25.7 Å². The quantitative estimate of drug-likeness (QED) is 0.610. The van der Waals surface area contributed by atoms with Crippen LogP contribution < -0.4 is 5.32 Å². The van der Waals surface area contributed by atoms with Gasteiger partial charge in [-0.05, 0) is 34.2 Å². The predicted octanol–water partition coefficient (Wildman–Crippen LogP) is 2.97. The van der Waals surface area contributed by atoms with E-state index in [-0.39, 0.29) is 5.60 Å². The molecule has 0 rings (SSSR count). The third-order valence-corrected chi connectivity index (χ3v) is 2.80. The van der Waals surface area contributed by atoms with Crippen molar-refractivity contribution >= 4 is 0 Å². The highest BCUT2D eigenvalue weighted by atomic mass is 16.5. The molecule has 0 saturated carbocycles. The van der Waals surface area contributed by atoms with E-state index in [2.05, 4.69) is 33.0 Å². The molecule has 0 fully saturated rings. The van der Waals surface area contributed by atoms with Crippen molar-refractivity contribution in [3.63, 3.8) is 0 Å². The lowest BCUT2D eigenvalue weighted by Gasteiger charge is -2.34. The van der Waals surface area contributed by atoms with Crippen LogP contribution in [0.4, 0.5) is 0 Å². The summed E-state index contributed by atoms with van der Waals surface area (Å²) in [6, 6.07) is 0.467. The maximum atomic E-state index is 5.75. The molecule has 0 spiro atoms. The average molecular weight is 201 g/mol. The van der Waals surface area contributed by atoms with Crippen molar-refractivity contribution in [1.29, 1.82) is 0 Å². The summed E-state index contributed by atoms with van der Waals surface area (Å²) in [5, 5.41) is 3.36. The Hall–Kier alpha value is -0.0800. The van der Waals surface area contributed by atoms with Crippen LogP contribution in [0.15, 0.2) is 0 Å². The number of rotatable bonds is 8. The summed E-state index contributed by atoms with van der Waals surface area (Å²) in [5.74, 6) is 0. The van der Waals surface area contributed by atoms with Crippen LogP contribution in [0.1, 0.15) is 53.4 Å². The number of unbranched alkanes of at least 4 members (excludes halogenated alkanes) is 2. The van der Waals surface area contributed by atoms with Gasteiger partial charge in [-0.2, -0.15) is 0 Å². The average Bonchev–Trinajstić information content (AvgIpc) is 2.12. The van der Waals surface area contributed by atoms with E-state index in [1.54, 1.807) is 0 Å². The van der Waals surface area contributed by atoms with Crippen molar-refractivity contribution in [2.75, 3.05) is 13.7 Å². The lowest BCUT2D eigenvalue weighted by atomic mass is 9.93. The van der Waals surface area contributed by atoms with Crippen molar-refractivity contribution in [2.24, 2.45) is 0 Å². The molecule has 86 valence electrons. The van der Waals surface area contributed by atoms with E-state index in [9.17, 15) is 0 Å².